The summed E-state index contributed by atoms with van der Waals surface area (Å²) in [5.41, 5.74) is 5.34. The van der Waals surface area contributed by atoms with E-state index in [-0.39, 0.29) is 15.8 Å². The van der Waals surface area contributed by atoms with Gasteiger partial charge in [-0.05, 0) is 84.6 Å². The minimum Gasteiger partial charge on any atom is -0.0690 e. The van der Waals surface area contributed by atoms with Gasteiger partial charge in [-0.3, -0.25) is 0 Å². The van der Waals surface area contributed by atoms with Gasteiger partial charge in [-0.25, -0.2) is 0 Å². The maximum absolute atomic E-state index is 4.26. The molecular formula is C43H61ClNiP2-. The molecule has 0 atom stereocenters. The molecule has 0 radical (unpaired) electrons. The van der Waals surface area contributed by atoms with E-state index in [2.05, 4.69) is 91.5 Å². The average Bonchev–Trinajstić information content (AvgIpc) is 3.16. The van der Waals surface area contributed by atoms with Gasteiger partial charge in [0.2, 0.25) is 0 Å². The van der Waals surface area contributed by atoms with Gasteiger partial charge in [0, 0.05) is 0 Å². The quantitative estimate of drug-likeness (QED) is 0.134. The summed E-state index contributed by atoms with van der Waals surface area (Å²) < 4.78 is 0. The van der Waals surface area contributed by atoms with Crippen molar-refractivity contribution in [3.63, 3.8) is 0 Å². The molecule has 0 nitrogen and oxygen atoms in total. The Hall–Kier alpha value is -0.696. The number of halogens is 1. The molecule has 4 aliphatic carbocycles. The minimum atomic E-state index is 0.108. The van der Waals surface area contributed by atoms with E-state index in [1.165, 1.54) is 134 Å². The number of hydrogen-bond acceptors (Lipinski definition) is 0. The van der Waals surface area contributed by atoms with E-state index in [0.29, 0.717) is 0 Å². The topological polar surface area (TPSA) is 0 Å². The molecule has 47 heavy (non-hydrogen) atoms. The summed E-state index contributed by atoms with van der Waals surface area (Å²) in [6.07, 6.45) is 29.9. The number of benzene rings is 3. The van der Waals surface area contributed by atoms with Crippen molar-refractivity contribution in [1.82, 2.24) is 0 Å². The van der Waals surface area contributed by atoms with Gasteiger partial charge in [-0.2, -0.15) is 35.9 Å². The third-order valence-electron chi connectivity index (χ3n) is 10.8. The van der Waals surface area contributed by atoms with Gasteiger partial charge in [0.25, 0.3) is 0 Å². The molecule has 7 rings (SSSR count). The van der Waals surface area contributed by atoms with E-state index >= 15 is 0 Å². The van der Waals surface area contributed by atoms with Crippen molar-refractivity contribution in [2.45, 2.75) is 158 Å². The molecule has 4 heteroatoms. The molecule has 0 aromatic heterocycles. The van der Waals surface area contributed by atoms with Crippen LogP contribution in [0.4, 0.5) is 0 Å². The van der Waals surface area contributed by atoms with Crippen molar-refractivity contribution in [3.8, 4) is 0 Å². The molecule has 0 spiro atoms. The second-order valence-electron chi connectivity index (χ2n) is 14.2. The first-order valence-electron chi connectivity index (χ1n) is 19.0. The summed E-state index contributed by atoms with van der Waals surface area (Å²) in [5.74, 6) is 0. The standard InChI is InChI=1S/2C18H27P.C7H7.ClH.Ni/c2*1-4-10-16(11-5-1)19(17-12-6-2-7-13-17)18-14-8-3-9-15-18;1-7-5-3-2-4-6-7;;/h2*1,4-5,10-11,17-18H,2-3,6-9,12-15H2;2-5H,1H3;1H;/q;;-1;;+1/p-1. The van der Waals surface area contributed by atoms with Crippen LogP contribution in [0.2, 0.25) is 0 Å². The monoisotopic (exact) mass is 732 g/mol. The van der Waals surface area contributed by atoms with Gasteiger partial charge >= 0.3 is 24.8 Å². The Bertz CT molecular complexity index is 1040. The molecule has 0 heterocycles. The van der Waals surface area contributed by atoms with Crippen molar-refractivity contribution in [3.05, 3.63) is 96.6 Å². The zero-order valence-electron chi connectivity index (χ0n) is 29.1. The largest absolute Gasteiger partial charge is 0.0690 e. The molecule has 0 unspecified atom stereocenters. The first kappa shape index (κ1) is 39.1. The summed E-state index contributed by atoms with van der Waals surface area (Å²) >= 11 is 3.35. The Morgan fingerprint density at radius 2 is 0.745 bits per heavy atom. The fourth-order valence-electron chi connectivity index (χ4n) is 8.56. The molecule has 0 amide bonds. The average molecular weight is 734 g/mol. The first-order valence-corrected chi connectivity index (χ1v) is 23.3. The molecule has 0 bridgehead atoms. The second-order valence-corrected chi connectivity index (χ2v) is 19.8. The van der Waals surface area contributed by atoms with Gasteiger partial charge in [0.1, 0.15) is 0 Å². The maximum atomic E-state index is 4.26. The van der Waals surface area contributed by atoms with E-state index in [1.54, 1.807) is 10.6 Å². The summed E-state index contributed by atoms with van der Waals surface area (Å²) in [5, 5.41) is 3.41. The number of rotatable bonds is 6. The van der Waals surface area contributed by atoms with Crippen LogP contribution in [0.25, 0.3) is 0 Å². The molecule has 3 aromatic rings. The molecule has 0 saturated heterocycles. The smallest absolute Gasteiger partial charge is 0.0166 e. The Morgan fingerprint density at radius 3 is 0.979 bits per heavy atom. The zero-order chi connectivity index (χ0) is 32.9. The van der Waals surface area contributed by atoms with E-state index < -0.39 is 0 Å². The van der Waals surface area contributed by atoms with E-state index in [4.69, 9.17) is 0 Å². The molecule has 261 valence electrons. The van der Waals surface area contributed by atoms with Crippen LogP contribution >= 0.6 is 26.0 Å². The molecule has 4 fully saturated rings. The van der Waals surface area contributed by atoms with Crippen LogP contribution < -0.4 is 10.6 Å². The van der Waals surface area contributed by atoms with Crippen molar-refractivity contribution in [2.75, 3.05) is 0 Å². The summed E-state index contributed by atoms with van der Waals surface area (Å²) in [6, 6.07) is 34.0. The van der Waals surface area contributed by atoms with Crippen LogP contribution in [0.15, 0.2) is 84.9 Å². The van der Waals surface area contributed by atoms with Crippen molar-refractivity contribution < 1.29 is 14.6 Å². The van der Waals surface area contributed by atoms with Crippen LogP contribution in [0, 0.1) is 13.0 Å². The predicted octanol–water partition coefficient (Wildman–Crippen LogP) is 13.4. The Kier molecular flexibility index (Phi) is 19.7. The molecule has 3 aromatic carbocycles. The van der Waals surface area contributed by atoms with Gasteiger partial charge < -0.3 is 0 Å². The predicted molar refractivity (Wildman–Crippen MR) is 209 cm³/mol. The Balaban J connectivity index is 0.000000170. The first-order chi connectivity index (χ1) is 23.3. The SMILES string of the molecule is Cc1[c-]cccc1.[Cl][Ni].c1ccc(P(C2CCCCC2)C2CCCCC2)cc1.c1ccc(P(C2CCCCC2)C2CCCCC2)cc1. The second kappa shape index (κ2) is 23.7. The van der Waals surface area contributed by atoms with Gasteiger partial charge in [-0.1, -0.05) is 160 Å². The number of hydrogen-bond donors (Lipinski definition) is 0. The van der Waals surface area contributed by atoms with Crippen molar-refractivity contribution in [1.29, 1.82) is 0 Å². The van der Waals surface area contributed by atoms with Crippen LogP contribution in [0.3, 0.4) is 0 Å². The van der Waals surface area contributed by atoms with E-state index in [9.17, 15) is 0 Å². The van der Waals surface area contributed by atoms with Crippen LogP contribution in [0.1, 0.15) is 134 Å². The molecule has 4 aliphatic rings. The fourth-order valence-corrected chi connectivity index (χ4v) is 16.2. The van der Waals surface area contributed by atoms with Crippen LogP contribution in [-0.4, -0.2) is 22.6 Å². The molecule has 0 N–H and O–H groups in total. The molecule has 4 saturated carbocycles. The third-order valence-corrected chi connectivity index (χ3v) is 17.8. The van der Waals surface area contributed by atoms with Gasteiger partial charge in [0.05, 0.1) is 0 Å². The van der Waals surface area contributed by atoms with Crippen LogP contribution in [0.5, 0.6) is 0 Å². The number of aryl methyl sites for hydroxylation is 1. The van der Waals surface area contributed by atoms with E-state index in [0.717, 1.165) is 22.6 Å². The fraction of sp³-hybridized carbons (Fsp3) is 0.581. The van der Waals surface area contributed by atoms with Crippen molar-refractivity contribution >= 4 is 36.6 Å². The van der Waals surface area contributed by atoms with Gasteiger partial charge in [-0.15, -0.1) is 0 Å². The zero-order valence-corrected chi connectivity index (χ0v) is 32.7. The third kappa shape index (κ3) is 13.5. The van der Waals surface area contributed by atoms with Crippen LogP contribution in [-0.2, 0) is 14.6 Å². The minimum absolute atomic E-state index is 0.108. The summed E-state index contributed by atoms with van der Waals surface area (Å²) in [4.78, 5) is 0. The Morgan fingerprint density at radius 1 is 0.447 bits per heavy atom. The Labute approximate surface area is 304 Å². The maximum Gasteiger partial charge on any atom is -0.0166 e. The van der Waals surface area contributed by atoms with E-state index in [1.807, 2.05) is 31.2 Å². The normalized spacial score (nSPS) is 19.9. The van der Waals surface area contributed by atoms with Gasteiger partial charge in [0.15, 0.2) is 0 Å². The molecule has 0 aliphatic heterocycles. The molecular weight excluding hydrogens is 673 g/mol. The van der Waals surface area contributed by atoms with Crippen molar-refractivity contribution in [2.24, 2.45) is 0 Å². The summed E-state index contributed by atoms with van der Waals surface area (Å²) in [7, 11) is 4.48. The summed E-state index contributed by atoms with van der Waals surface area (Å²) in [6.45, 7) is 2.03.